The van der Waals surface area contributed by atoms with Crippen LogP contribution in [0.5, 0.6) is 0 Å². The Morgan fingerprint density at radius 2 is 1.80 bits per heavy atom. The summed E-state index contributed by atoms with van der Waals surface area (Å²) in [5, 5.41) is 11.7. The molecule has 0 aromatic heterocycles. The standard InChI is InChI=1S/C14H21N3O3/c1-14(2,3)11(12(18)19)16-17-13(20)15-9-10-7-5-4-6-8-10/h4-8,11,16H,9H2,1-3H3,(H,18,19)(H2,15,17,20). The molecule has 0 heterocycles. The van der Waals surface area contributed by atoms with Gasteiger partial charge in [-0.25, -0.2) is 10.2 Å². The number of carbonyl (C=O) groups excluding carboxylic acids is 1. The molecule has 0 aliphatic heterocycles. The van der Waals surface area contributed by atoms with E-state index in [1.165, 1.54) is 0 Å². The molecule has 6 heteroatoms. The number of carbonyl (C=O) groups is 2. The van der Waals surface area contributed by atoms with Crippen molar-refractivity contribution >= 4 is 12.0 Å². The lowest BCUT2D eigenvalue weighted by Crippen LogP contribution is -2.56. The zero-order chi connectivity index (χ0) is 15.2. The van der Waals surface area contributed by atoms with E-state index in [0.29, 0.717) is 6.54 Å². The van der Waals surface area contributed by atoms with Crippen LogP contribution in [0.2, 0.25) is 0 Å². The fourth-order valence-corrected chi connectivity index (χ4v) is 1.61. The van der Waals surface area contributed by atoms with Crippen LogP contribution >= 0.6 is 0 Å². The van der Waals surface area contributed by atoms with Crippen LogP contribution in [-0.4, -0.2) is 23.1 Å². The van der Waals surface area contributed by atoms with Crippen molar-refractivity contribution < 1.29 is 14.7 Å². The molecule has 2 amide bonds. The molecule has 1 aromatic rings. The molecule has 1 atom stereocenters. The number of benzene rings is 1. The normalized spacial score (nSPS) is 12.6. The van der Waals surface area contributed by atoms with Gasteiger partial charge < -0.3 is 10.4 Å². The first-order chi connectivity index (χ1) is 9.30. The SMILES string of the molecule is CC(C)(C)C(NNC(=O)NCc1ccccc1)C(=O)O. The molecule has 1 aromatic carbocycles. The zero-order valence-electron chi connectivity index (χ0n) is 11.9. The highest BCUT2D eigenvalue weighted by Gasteiger charge is 2.31. The van der Waals surface area contributed by atoms with Gasteiger partial charge in [0.1, 0.15) is 6.04 Å². The molecule has 0 aliphatic rings. The topological polar surface area (TPSA) is 90.5 Å². The predicted molar refractivity (Wildman–Crippen MR) is 75.8 cm³/mol. The van der Waals surface area contributed by atoms with Crippen LogP contribution in [0.15, 0.2) is 30.3 Å². The van der Waals surface area contributed by atoms with Crippen LogP contribution in [0, 0.1) is 5.41 Å². The van der Waals surface area contributed by atoms with E-state index in [-0.39, 0.29) is 0 Å². The number of hydrogen-bond donors (Lipinski definition) is 4. The Morgan fingerprint density at radius 3 is 2.30 bits per heavy atom. The van der Waals surface area contributed by atoms with Crippen molar-refractivity contribution in [1.29, 1.82) is 0 Å². The van der Waals surface area contributed by atoms with Gasteiger partial charge in [0.2, 0.25) is 0 Å². The Balaban J connectivity index is 2.41. The quantitative estimate of drug-likeness (QED) is 0.615. The summed E-state index contributed by atoms with van der Waals surface area (Å²) in [7, 11) is 0. The molecule has 0 bridgehead atoms. The van der Waals surface area contributed by atoms with Crippen LogP contribution in [-0.2, 0) is 11.3 Å². The van der Waals surface area contributed by atoms with Gasteiger partial charge in [-0.1, -0.05) is 51.1 Å². The Morgan fingerprint density at radius 1 is 1.20 bits per heavy atom. The maximum Gasteiger partial charge on any atom is 0.329 e. The van der Waals surface area contributed by atoms with Gasteiger partial charge in [0.25, 0.3) is 0 Å². The second-order valence-electron chi connectivity index (χ2n) is 5.57. The molecule has 1 rings (SSSR count). The van der Waals surface area contributed by atoms with Gasteiger partial charge in [-0.3, -0.25) is 10.2 Å². The minimum absolute atomic E-state index is 0.377. The highest BCUT2D eigenvalue weighted by Crippen LogP contribution is 2.18. The molecule has 20 heavy (non-hydrogen) atoms. The summed E-state index contributed by atoms with van der Waals surface area (Å²) in [6.07, 6.45) is 0. The van der Waals surface area contributed by atoms with Crippen molar-refractivity contribution in [3.8, 4) is 0 Å². The Labute approximate surface area is 118 Å². The maximum atomic E-state index is 11.6. The van der Waals surface area contributed by atoms with E-state index >= 15 is 0 Å². The van der Waals surface area contributed by atoms with Crippen LogP contribution in [0.1, 0.15) is 26.3 Å². The molecule has 0 fully saturated rings. The molecule has 0 saturated carbocycles. The number of hydrazine groups is 1. The highest BCUT2D eigenvalue weighted by molar-refractivity contribution is 5.77. The van der Waals surface area contributed by atoms with Gasteiger partial charge in [-0.05, 0) is 11.0 Å². The number of aliphatic carboxylic acids is 1. The Hall–Kier alpha value is -2.08. The maximum absolute atomic E-state index is 11.6. The summed E-state index contributed by atoms with van der Waals surface area (Å²) in [5.74, 6) is -1.01. The van der Waals surface area contributed by atoms with Crippen molar-refractivity contribution in [3.05, 3.63) is 35.9 Å². The number of nitrogens with one attached hydrogen (secondary N) is 3. The molecule has 0 radical (unpaired) electrons. The number of hydrogen-bond acceptors (Lipinski definition) is 3. The molecule has 4 N–H and O–H groups in total. The molecular formula is C14H21N3O3. The summed E-state index contributed by atoms with van der Waals surface area (Å²) in [5.41, 5.74) is 5.34. The fourth-order valence-electron chi connectivity index (χ4n) is 1.61. The minimum atomic E-state index is -1.01. The third-order valence-electron chi connectivity index (χ3n) is 2.74. The first-order valence-electron chi connectivity index (χ1n) is 6.37. The average molecular weight is 279 g/mol. The lowest BCUT2D eigenvalue weighted by molar-refractivity contribution is -0.142. The van der Waals surface area contributed by atoms with Gasteiger partial charge >= 0.3 is 12.0 Å². The summed E-state index contributed by atoms with van der Waals surface area (Å²) in [6.45, 7) is 5.72. The van der Waals surface area contributed by atoms with Gasteiger partial charge in [0.15, 0.2) is 0 Å². The van der Waals surface area contributed by atoms with Crippen molar-refractivity contribution in [2.45, 2.75) is 33.4 Å². The van der Waals surface area contributed by atoms with Crippen LogP contribution in [0.25, 0.3) is 0 Å². The number of carboxylic acids is 1. The van der Waals surface area contributed by atoms with E-state index in [2.05, 4.69) is 16.2 Å². The smallest absolute Gasteiger partial charge is 0.329 e. The number of rotatable bonds is 5. The monoisotopic (exact) mass is 279 g/mol. The first-order valence-corrected chi connectivity index (χ1v) is 6.37. The highest BCUT2D eigenvalue weighted by atomic mass is 16.4. The Kier molecular flexibility index (Phi) is 5.52. The summed E-state index contributed by atoms with van der Waals surface area (Å²) in [6, 6.07) is 8.10. The molecule has 0 spiro atoms. The van der Waals surface area contributed by atoms with Gasteiger partial charge in [0.05, 0.1) is 0 Å². The molecule has 0 aliphatic carbocycles. The largest absolute Gasteiger partial charge is 0.480 e. The third kappa shape index (κ3) is 5.27. The van der Waals surface area contributed by atoms with E-state index in [4.69, 9.17) is 5.11 Å². The zero-order valence-corrected chi connectivity index (χ0v) is 11.9. The molecule has 6 nitrogen and oxygen atoms in total. The summed E-state index contributed by atoms with van der Waals surface area (Å²) in [4.78, 5) is 22.7. The van der Waals surface area contributed by atoms with Crippen molar-refractivity contribution in [2.24, 2.45) is 5.41 Å². The third-order valence-corrected chi connectivity index (χ3v) is 2.74. The number of amides is 2. The fraction of sp³-hybridized carbons (Fsp3) is 0.429. The average Bonchev–Trinajstić information content (AvgIpc) is 2.35. The minimum Gasteiger partial charge on any atom is -0.480 e. The van der Waals surface area contributed by atoms with Crippen molar-refractivity contribution in [3.63, 3.8) is 0 Å². The van der Waals surface area contributed by atoms with E-state index in [0.717, 1.165) is 5.56 Å². The first kappa shape index (κ1) is 16.0. The van der Waals surface area contributed by atoms with Crippen molar-refractivity contribution in [1.82, 2.24) is 16.2 Å². The molecule has 110 valence electrons. The number of urea groups is 1. The van der Waals surface area contributed by atoms with Gasteiger partial charge in [-0.2, -0.15) is 0 Å². The van der Waals surface area contributed by atoms with E-state index in [9.17, 15) is 9.59 Å². The van der Waals surface area contributed by atoms with Crippen LogP contribution in [0.4, 0.5) is 4.79 Å². The van der Waals surface area contributed by atoms with Crippen LogP contribution < -0.4 is 16.2 Å². The number of carboxylic acid groups (broad SMARTS) is 1. The van der Waals surface area contributed by atoms with Gasteiger partial charge in [0, 0.05) is 6.54 Å². The molecule has 1 unspecified atom stereocenters. The van der Waals surface area contributed by atoms with E-state index < -0.39 is 23.5 Å². The second-order valence-corrected chi connectivity index (χ2v) is 5.57. The lowest BCUT2D eigenvalue weighted by atomic mass is 9.87. The predicted octanol–water partition coefficient (Wildman–Crippen LogP) is 1.49. The van der Waals surface area contributed by atoms with Gasteiger partial charge in [-0.15, -0.1) is 0 Å². The van der Waals surface area contributed by atoms with E-state index in [1.54, 1.807) is 20.8 Å². The Bertz CT molecular complexity index is 454. The van der Waals surface area contributed by atoms with Crippen molar-refractivity contribution in [2.75, 3.05) is 0 Å². The van der Waals surface area contributed by atoms with Crippen LogP contribution in [0.3, 0.4) is 0 Å². The lowest BCUT2D eigenvalue weighted by Gasteiger charge is -2.27. The summed E-state index contributed by atoms with van der Waals surface area (Å²) >= 11 is 0. The summed E-state index contributed by atoms with van der Waals surface area (Å²) < 4.78 is 0. The van der Waals surface area contributed by atoms with E-state index in [1.807, 2.05) is 30.3 Å². The molecular weight excluding hydrogens is 258 g/mol. The second kappa shape index (κ2) is 6.91. The molecule has 0 saturated heterocycles.